The van der Waals surface area contributed by atoms with E-state index in [0.717, 1.165) is 0 Å². The molecule has 3 heterocycles. The summed E-state index contributed by atoms with van der Waals surface area (Å²) in [5, 5.41) is 2.68. The predicted molar refractivity (Wildman–Crippen MR) is 194 cm³/mol. The molecule has 0 radical (unpaired) electrons. The maximum Gasteiger partial charge on any atom is 0.0488 e. The number of allylic oxidation sites excluding steroid dienone is 1. The van der Waals surface area contributed by atoms with Crippen LogP contribution in [0.3, 0.4) is 0 Å². The van der Waals surface area contributed by atoms with Gasteiger partial charge in [0.15, 0.2) is 0 Å². The van der Waals surface area contributed by atoms with E-state index in [4.69, 9.17) is 0 Å². The lowest BCUT2D eigenvalue weighted by atomic mass is 10.2. The van der Waals surface area contributed by atoms with Crippen molar-refractivity contribution in [2.45, 2.75) is 47.5 Å². The number of hydrogen-bond acceptors (Lipinski definition) is 2. The number of fused-ring (bicyclic) bond motifs is 3. The molecule has 0 amide bonds. The molecule has 0 spiro atoms. The second-order valence-electron chi connectivity index (χ2n) is 10.5. The van der Waals surface area contributed by atoms with Gasteiger partial charge in [-0.15, -0.1) is 0 Å². The number of para-hydroxylation sites is 2. The highest BCUT2D eigenvalue weighted by atomic mass is 15.1. The molecule has 3 nitrogen and oxygen atoms in total. The zero-order chi connectivity index (χ0) is 32.2. The summed E-state index contributed by atoms with van der Waals surface area (Å²) in [6.07, 6.45) is 6.08. The van der Waals surface area contributed by atoms with Crippen LogP contribution in [0.5, 0.6) is 0 Å². The van der Waals surface area contributed by atoms with Crippen LogP contribution in [0.25, 0.3) is 21.8 Å². The van der Waals surface area contributed by atoms with Gasteiger partial charge in [0.1, 0.15) is 0 Å². The number of benzene rings is 4. The van der Waals surface area contributed by atoms with Crippen molar-refractivity contribution in [3.8, 4) is 0 Å². The topological polar surface area (TPSA) is 21.1 Å². The van der Waals surface area contributed by atoms with E-state index in [1.165, 1.54) is 63.6 Å². The van der Waals surface area contributed by atoms with Crippen LogP contribution in [0.4, 0.5) is 0 Å². The first-order chi connectivity index (χ1) is 21.4. The molecule has 4 aromatic carbocycles. The highest BCUT2D eigenvalue weighted by Gasteiger charge is 2.08. The zero-order valence-corrected chi connectivity index (χ0v) is 27.9. The van der Waals surface area contributed by atoms with Crippen molar-refractivity contribution in [1.29, 1.82) is 0 Å². The van der Waals surface area contributed by atoms with E-state index in [-0.39, 0.29) is 0 Å². The summed E-state index contributed by atoms with van der Waals surface area (Å²) in [5.74, 6) is 0. The third-order valence-corrected chi connectivity index (χ3v) is 7.05. The normalized spacial score (nSPS) is 11.2. The Bertz CT molecular complexity index is 1460. The monoisotopic (exact) mass is 585 g/mol. The fraction of sp³-hybridized carbons (Fsp3) is 0.244. The van der Waals surface area contributed by atoms with Crippen molar-refractivity contribution in [2.24, 2.45) is 7.05 Å². The largest absolute Gasteiger partial charge is 0.378 e. The third-order valence-electron chi connectivity index (χ3n) is 7.05. The number of nitrogens with zero attached hydrogens (tertiary/aromatic N) is 3. The minimum Gasteiger partial charge on any atom is -0.378 e. The van der Waals surface area contributed by atoms with E-state index in [9.17, 15) is 0 Å². The zero-order valence-electron chi connectivity index (χ0n) is 27.9. The lowest BCUT2D eigenvalue weighted by molar-refractivity contribution is 0.483. The fourth-order valence-corrected chi connectivity index (χ4v) is 4.48. The first-order valence-electron chi connectivity index (χ1n) is 15.6. The van der Waals surface area contributed by atoms with E-state index >= 15 is 0 Å². The van der Waals surface area contributed by atoms with Crippen LogP contribution < -0.4 is 0 Å². The number of aromatic nitrogens is 2. The molecule has 7 rings (SSSR count). The van der Waals surface area contributed by atoms with Gasteiger partial charge in [-0.2, -0.15) is 0 Å². The highest BCUT2D eigenvalue weighted by molar-refractivity contribution is 6.07. The SMILES string of the molecule is C=C1CCCN1C.CC.Cc1ccccc1.Cc1ccccc1.Cc1ccncc1.Cn1c2ccccc2c2ccccc21. The van der Waals surface area contributed by atoms with Gasteiger partial charge >= 0.3 is 0 Å². The molecule has 1 fully saturated rings. The Hall–Kier alpha value is -4.63. The van der Waals surface area contributed by atoms with Crippen LogP contribution in [0.15, 0.2) is 146 Å². The lowest BCUT2D eigenvalue weighted by Crippen LogP contribution is -2.08. The molecule has 1 aliphatic rings. The summed E-state index contributed by atoms with van der Waals surface area (Å²) in [6, 6.07) is 41.5. The Morgan fingerprint density at radius 1 is 0.545 bits per heavy atom. The molecule has 1 saturated heterocycles. The van der Waals surface area contributed by atoms with Crippen molar-refractivity contribution in [1.82, 2.24) is 14.5 Å². The molecule has 3 heteroatoms. The fourth-order valence-electron chi connectivity index (χ4n) is 4.48. The van der Waals surface area contributed by atoms with Gasteiger partial charge in [-0.3, -0.25) is 4.98 Å². The molecule has 230 valence electrons. The molecular weight excluding hydrogens is 534 g/mol. The van der Waals surface area contributed by atoms with Crippen LogP contribution in [0.1, 0.15) is 43.4 Å². The minimum atomic E-state index is 1.20. The van der Waals surface area contributed by atoms with Gasteiger partial charge in [0, 0.05) is 60.5 Å². The van der Waals surface area contributed by atoms with E-state index in [2.05, 4.69) is 122 Å². The number of hydrogen-bond donors (Lipinski definition) is 0. The Labute approximate surface area is 266 Å². The second kappa shape index (κ2) is 20.3. The molecular formula is C41H51N3. The number of rotatable bonds is 0. The van der Waals surface area contributed by atoms with Crippen molar-refractivity contribution in [3.63, 3.8) is 0 Å². The summed E-state index contributed by atoms with van der Waals surface area (Å²) in [5.41, 5.74) is 7.79. The lowest BCUT2D eigenvalue weighted by Gasteiger charge is -2.08. The first kappa shape index (κ1) is 35.6. The summed E-state index contributed by atoms with van der Waals surface area (Å²) in [6.45, 7) is 15.3. The molecule has 6 aromatic rings. The number of likely N-dealkylation sites (tertiary alicyclic amines) is 1. The van der Waals surface area contributed by atoms with Crippen LogP contribution in [0.2, 0.25) is 0 Å². The summed E-state index contributed by atoms with van der Waals surface area (Å²) in [4.78, 5) is 6.05. The Kier molecular flexibility index (Phi) is 16.4. The molecule has 2 aromatic heterocycles. The molecule has 44 heavy (non-hydrogen) atoms. The van der Waals surface area contributed by atoms with Gasteiger partial charge in [-0.25, -0.2) is 0 Å². The smallest absolute Gasteiger partial charge is 0.0488 e. The van der Waals surface area contributed by atoms with E-state index in [1.807, 2.05) is 69.3 Å². The molecule has 1 aliphatic heterocycles. The van der Waals surface area contributed by atoms with Gasteiger partial charge < -0.3 is 9.47 Å². The van der Waals surface area contributed by atoms with Crippen LogP contribution in [-0.2, 0) is 7.05 Å². The number of aryl methyl sites for hydroxylation is 4. The van der Waals surface area contributed by atoms with Gasteiger partial charge in [-0.1, -0.05) is 129 Å². The van der Waals surface area contributed by atoms with Gasteiger partial charge in [0.25, 0.3) is 0 Å². The van der Waals surface area contributed by atoms with Crippen molar-refractivity contribution >= 4 is 21.8 Å². The van der Waals surface area contributed by atoms with E-state index in [1.54, 1.807) is 12.4 Å². The Morgan fingerprint density at radius 3 is 1.20 bits per heavy atom. The average Bonchev–Trinajstić information content (AvgIpc) is 3.59. The van der Waals surface area contributed by atoms with Gasteiger partial charge in [0.2, 0.25) is 0 Å². The Morgan fingerprint density at radius 2 is 0.932 bits per heavy atom. The minimum absolute atomic E-state index is 1.20. The van der Waals surface area contributed by atoms with Crippen molar-refractivity contribution < 1.29 is 0 Å². The summed E-state index contributed by atoms with van der Waals surface area (Å²) < 4.78 is 2.24. The summed E-state index contributed by atoms with van der Waals surface area (Å²) in [7, 11) is 4.21. The average molecular weight is 586 g/mol. The molecule has 0 bridgehead atoms. The standard InChI is InChI=1S/C13H11N.2C7H8.C6H11N.C6H7N.C2H6/c1-14-12-8-4-2-6-10(12)11-7-3-5-9-13(11)14;2*1-7-5-3-2-4-6-7;1-6-4-3-5-7(6)2;1-6-2-4-7-5-3-6;1-2/h2-9H,1H3;2*2-6H,1H3;1,3-5H2,2H3;2-5H,1H3;1-2H3. The second-order valence-corrected chi connectivity index (χ2v) is 10.5. The Balaban J connectivity index is 0.000000197. The summed E-state index contributed by atoms with van der Waals surface area (Å²) >= 11 is 0. The van der Waals surface area contributed by atoms with Gasteiger partial charge in [-0.05, 0) is 63.4 Å². The number of pyridine rings is 1. The van der Waals surface area contributed by atoms with Crippen molar-refractivity contribution in [2.75, 3.05) is 13.6 Å². The first-order valence-corrected chi connectivity index (χ1v) is 15.6. The predicted octanol–water partition coefficient (Wildman–Crippen LogP) is 11.0. The van der Waals surface area contributed by atoms with Crippen LogP contribution in [0, 0.1) is 20.8 Å². The van der Waals surface area contributed by atoms with E-state index in [0.29, 0.717) is 0 Å². The van der Waals surface area contributed by atoms with Crippen LogP contribution in [-0.4, -0.2) is 28.0 Å². The highest BCUT2D eigenvalue weighted by Crippen LogP contribution is 2.27. The molecule has 0 unspecified atom stereocenters. The van der Waals surface area contributed by atoms with Gasteiger partial charge in [0.05, 0.1) is 0 Å². The van der Waals surface area contributed by atoms with Crippen LogP contribution >= 0.6 is 0 Å². The molecule has 0 aliphatic carbocycles. The molecule has 0 atom stereocenters. The van der Waals surface area contributed by atoms with Crippen molar-refractivity contribution in [3.05, 3.63) is 163 Å². The molecule has 0 saturated carbocycles. The van der Waals surface area contributed by atoms with E-state index < -0.39 is 0 Å². The third kappa shape index (κ3) is 12.3. The maximum absolute atomic E-state index is 3.86. The molecule has 0 N–H and O–H groups in total. The maximum atomic E-state index is 3.86. The quantitative estimate of drug-likeness (QED) is 0.177.